The minimum Gasteiger partial charge on any atom is -0.398 e. The van der Waals surface area contributed by atoms with E-state index < -0.39 is 0 Å². The van der Waals surface area contributed by atoms with Crippen LogP contribution in [0.1, 0.15) is 30.9 Å². The normalized spacial score (nSPS) is 29.2. The Labute approximate surface area is 116 Å². The standard InChI is InChI=1S/C16H25N3/c1-12-10-14(6-8-18(12)2)19-9-7-15-13(11-19)4-3-5-16(15)17/h3-5,12,14H,6-11,17H2,1-2H3. The second-order valence-electron chi connectivity index (χ2n) is 6.21. The van der Waals surface area contributed by atoms with Crippen LogP contribution < -0.4 is 5.73 Å². The molecule has 3 heteroatoms. The third kappa shape index (κ3) is 2.49. The molecule has 1 aromatic rings. The molecule has 0 aromatic heterocycles. The van der Waals surface area contributed by atoms with Crippen LogP contribution in [0.2, 0.25) is 0 Å². The van der Waals surface area contributed by atoms with Crippen LogP contribution in [0, 0.1) is 0 Å². The van der Waals surface area contributed by atoms with Crippen molar-refractivity contribution in [1.82, 2.24) is 9.80 Å². The summed E-state index contributed by atoms with van der Waals surface area (Å²) in [5.74, 6) is 0. The highest BCUT2D eigenvalue weighted by atomic mass is 15.2. The van der Waals surface area contributed by atoms with Crippen LogP contribution in [0.3, 0.4) is 0 Å². The van der Waals surface area contributed by atoms with E-state index >= 15 is 0 Å². The first kappa shape index (κ1) is 12.9. The molecular formula is C16H25N3. The van der Waals surface area contributed by atoms with Gasteiger partial charge in [-0.1, -0.05) is 12.1 Å². The smallest absolute Gasteiger partial charge is 0.0350 e. The van der Waals surface area contributed by atoms with Crippen molar-refractivity contribution in [2.45, 2.75) is 44.8 Å². The highest BCUT2D eigenvalue weighted by Crippen LogP contribution is 2.29. The van der Waals surface area contributed by atoms with Gasteiger partial charge in [-0.05, 0) is 57.0 Å². The molecule has 2 aliphatic rings. The summed E-state index contributed by atoms with van der Waals surface area (Å²) in [6.07, 6.45) is 3.72. The number of likely N-dealkylation sites (tertiary alicyclic amines) is 1. The Balaban J connectivity index is 1.72. The number of nitrogen functional groups attached to an aromatic ring is 1. The molecule has 0 saturated carbocycles. The molecule has 3 rings (SSSR count). The second kappa shape index (κ2) is 5.14. The van der Waals surface area contributed by atoms with Gasteiger partial charge in [-0.15, -0.1) is 0 Å². The Kier molecular flexibility index (Phi) is 3.50. The summed E-state index contributed by atoms with van der Waals surface area (Å²) >= 11 is 0. The lowest BCUT2D eigenvalue weighted by molar-refractivity contribution is 0.0793. The molecule has 3 nitrogen and oxygen atoms in total. The van der Waals surface area contributed by atoms with Gasteiger partial charge in [0.15, 0.2) is 0 Å². The fourth-order valence-corrected chi connectivity index (χ4v) is 3.57. The molecule has 0 aliphatic carbocycles. The molecule has 1 fully saturated rings. The molecule has 19 heavy (non-hydrogen) atoms. The highest BCUT2D eigenvalue weighted by molar-refractivity contribution is 5.51. The molecule has 0 spiro atoms. The van der Waals surface area contributed by atoms with Crippen molar-refractivity contribution in [2.24, 2.45) is 0 Å². The van der Waals surface area contributed by atoms with Crippen LogP contribution >= 0.6 is 0 Å². The van der Waals surface area contributed by atoms with Gasteiger partial charge < -0.3 is 10.6 Å². The lowest BCUT2D eigenvalue weighted by Crippen LogP contribution is -2.48. The Bertz CT molecular complexity index is 457. The van der Waals surface area contributed by atoms with E-state index in [2.05, 4.69) is 35.9 Å². The summed E-state index contributed by atoms with van der Waals surface area (Å²) in [5, 5.41) is 0. The van der Waals surface area contributed by atoms with Crippen molar-refractivity contribution < 1.29 is 0 Å². The van der Waals surface area contributed by atoms with Crippen molar-refractivity contribution in [3.63, 3.8) is 0 Å². The van der Waals surface area contributed by atoms with Crippen molar-refractivity contribution in [3.05, 3.63) is 29.3 Å². The number of hydrogen-bond acceptors (Lipinski definition) is 3. The monoisotopic (exact) mass is 259 g/mol. The summed E-state index contributed by atoms with van der Waals surface area (Å²) in [6.45, 7) is 5.83. The zero-order chi connectivity index (χ0) is 13.4. The molecule has 104 valence electrons. The first-order valence-electron chi connectivity index (χ1n) is 7.45. The average Bonchev–Trinajstić information content (AvgIpc) is 2.42. The Morgan fingerprint density at radius 3 is 2.89 bits per heavy atom. The van der Waals surface area contributed by atoms with Gasteiger partial charge in [-0.25, -0.2) is 0 Å². The van der Waals surface area contributed by atoms with Gasteiger partial charge in [0.05, 0.1) is 0 Å². The number of benzene rings is 1. The van der Waals surface area contributed by atoms with E-state index in [9.17, 15) is 0 Å². The van der Waals surface area contributed by atoms with Gasteiger partial charge in [-0.2, -0.15) is 0 Å². The number of rotatable bonds is 1. The lowest BCUT2D eigenvalue weighted by atomic mass is 9.92. The maximum absolute atomic E-state index is 6.08. The number of hydrogen-bond donors (Lipinski definition) is 1. The number of nitrogens with two attached hydrogens (primary N) is 1. The highest BCUT2D eigenvalue weighted by Gasteiger charge is 2.29. The molecule has 2 atom stereocenters. The molecular weight excluding hydrogens is 234 g/mol. The molecule has 0 amide bonds. The second-order valence-corrected chi connectivity index (χ2v) is 6.21. The van der Waals surface area contributed by atoms with Crippen LogP contribution in [-0.2, 0) is 13.0 Å². The topological polar surface area (TPSA) is 32.5 Å². The first-order chi connectivity index (χ1) is 9.15. The molecule has 1 saturated heterocycles. The average molecular weight is 259 g/mol. The molecule has 1 aromatic carbocycles. The largest absolute Gasteiger partial charge is 0.398 e. The third-order valence-electron chi connectivity index (χ3n) is 5.03. The zero-order valence-electron chi connectivity index (χ0n) is 12.1. The molecule has 0 radical (unpaired) electrons. The van der Waals surface area contributed by atoms with Crippen molar-refractivity contribution in [2.75, 3.05) is 25.9 Å². The van der Waals surface area contributed by atoms with Crippen LogP contribution in [0.25, 0.3) is 0 Å². The molecule has 2 aliphatic heterocycles. The summed E-state index contributed by atoms with van der Waals surface area (Å²) in [7, 11) is 2.24. The summed E-state index contributed by atoms with van der Waals surface area (Å²) in [4.78, 5) is 5.15. The molecule has 2 N–H and O–H groups in total. The maximum Gasteiger partial charge on any atom is 0.0350 e. The van der Waals surface area contributed by atoms with Gasteiger partial charge in [-0.3, -0.25) is 4.90 Å². The lowest BCUT2D eigenvalue weighted by Gasteiger charge is -2.42. The van der Waals surface area contributed by atoms with Gasteiger partial charge >= 0.3 is 0 Å². The van der Waals surface area contributed by atoms with Gasteiger partial charge in [0, 0.05) is 30.9 Å². The van der Waals surface area contributed by atoms with E-state index in [4.69, 9.17) is 5.73 Å². The number of nitrogens with zero attached hydrogens (tertiary/aromatic N) is 2. The van der Waals surface area contributed by atoms with Gasteiger partial charge in [0.1, 0.15) is 0 Å². The predicted molar refractivity (Wildman–Crippen MR) is 80.1 cm³/mol. The Morgan fingerprint density at radius 1 is 1.26 bits per heavy atom. The minimum absolute atomic E-state index is 0.709. The number of anilines is 1. The van der Waals surface area contributed by atoms with E-state index in [1.807, 2.05) is 6.07 Å². The fraction of sp³-hybridized carbons (Fsp3) is 0.625. The van der Waals surface area contributed by atoms with Crippen molar-refractivity contribution in [1.29, 1.82) is 0 Å². The quantitative estimate of drug-likeness (QED) is 0.784. The summed E-state index contributed by atoms with van der Waals surface area (Å²) in [5.41, 5.74) is 9.89. The van der Waals surface area contributed by atoms with Crippen LogP contribution in [0.5, 0.6) is 0 Å². The van der Waals surface area contributed by atoms with Gasteiger partial charge in [0.2, 0.25) is 0 Å². The van der Waals surface area contributed by atoms with Gasteiger partial charge in [0.25, 0.3) is 0 Å². The van der Waals surface area contributed by atoms with Crippen LogP contribution in [-0.4, -0.2) is 42.0 Å². The first-order valence-corrected chi connectivity index (χ1v) is 7.45. The van der Waals surface area contributed by atoms with E-state index in [1.54, 1.807) is 0 Å². The maximum atomic E-state index is 6.08. The number of fused-ring (bicyclic) bond motifs is 1. The van der Waals surface area contributed by atoms with Crippen LogP contribution in [0.15, 0.2) is 18.2 Å². The van der Waals surface area contributed by atoms with Crippen molar-refractivity contribution in [3.8, 4) is 0 Å². The van der Waals surface area contributed by atoms with E-state index in [1.165, 1.54) is 37.1 Å². The Hall–Kier alpha value is -1.06. The Morgan fingerprint density at radius 2 is 2.11 bits per heavy atom. The fourth-order valence-electron chi connectivity index (χ4n) is 3.57. The molecule has 2 heterocycles. The van der Waals surface area contributed by atoms with E-state index in [0.717, 1.165) is 24.7 Å². The summed E-state index contributed by atoms with van der Waals surface area (Å²) in [6, 6.07) is 7.83. The third-order valence-corrected chi connectivity index (χ3v) is 5.03. The minimum atomic E-state index is 0.709. The molecule has 0 bridgehead atoms. The molecule has 2 unspecified atom stereocenters. The van der Waals surface area contributed by atoms with Crippen LogP contribution in [0.4, 0.5) is 5.69 Å². The van der Waals surface area contributed by atoms with Crippen molar-refractivity contribution >= 4 is 5.69 Å². The predicted octanol–water partition coefficient (Wildman–Crippen LogP) is 2.11. The zero-order valence-corrected chi connectivity index (χ0v) is 12.1. The summed E-state index contributed by atoms with van der Waals surface area (Å²) < 4.78 is 0. The van der Waals surface area contributed by atoms with E-state index in [-0.39, 0.29) is 0 Å². The van der Waals surface area contributed by atoms with E-state index in [0.29, 0.717) is 6.04 Å². The SMILES string of the molecule is CC1CC(N2CCc3c(N)cccc3C2)CCN1C. The number of piperidine rings is 1.